The molecule has 0 radical (unpaired) electrons. The number of hydrogen-bond donors (Lipinski definition) is 1. The maximum absolute atomic E-state index is 12.2. The number of carbonyl (C=O) groups excluding carboxylic acids is 2. The number of nitrogens with one attached hydrogen (secondary N) is 1. The minimum Gasteiger partial charge on any atom is -0.462 e. The smallest absolute Gasteiger partial charge is 0.340 e. The van der Waals surface area contributed by atoms with Gasteiger partial charge in [-0.15, -0.1) is 0 Å². The zero-order valence-electron chi connectivity index (χ0n) is 13.1. The number of halogens is 2. The van der Waals surface area contributed by atoms with E-state index in [1.54, 1.807) is 49.4 Å². The molecule has 1 N–H and O–H groups in total. The molecular weight excluding hydrogens is 349 g/mol. The molecule has 0 aromatic heterocycles. The Morgan fingerprint density at radius 2 is 1.71 bits per heavy atom. The second-order valence-electron chi connectivity index (χ2n) is 5.01. The van der Waals surface area contributed by atoms with Gasteiger partial charge in [-0.25, -0.2) is 4.79 Å². The Morgan fingerprint density at radius 3 is 2.38 bits per heavy atom. The zero-order valence-corrected chi connectivity index (χ0v) is 14.7. The molecule has 1 amide bonds. The van der Waals surface area contributed by atoms with E-state index in [-0.39, 0.29) is 18.9 Å². The van der Waals surface area contributed by atoms with E-state index in [1.165, 1.54) is 0 Å². The van der Waals surface area contributed by atoms with Crippen molar-refractivity contribution >= 4 is 40.8 Å². The fourth-order valence-corrected chi connectivity index (χ4v) is 2.79. The molecule has 0 saturated carbocycles. The number of rotatable bonds is 6. The van der Waals surface area contributed by atoms with Gasteiger partial charge in [0.1, 0.15) is 0 Å². The van der Waals surface area contributed by atoms with Crippen LogP contribution in [0.2, 0.25) is 10.0 Å². The monoisotopic (exact) mass is 365 g/mol. The zero-order chi connectivity index (χ0) is 17.5. The van der Waals surface area contributed by atoms with Gasteiger partial charge in [-0.3, -0.25) is 4.79 Å². The van der Waals surface area contributed by atoms with Gasteiger partial charge in [0.05, 0.1) is 17.9 Å². The average Bonchev–Trinajstić information content (AvgIpc) is 2.55. The maximum atomic E-state index is 12.2. The molecule has 0 unspecified atom stereocenters. The van der Waals surface area contributed by atoms with E-state index < -0.39 is 5.97 Å². The van der Waals surface area contributed by atoms with Crippen molar-refractivity contribution in [2.24, 2.45) is 0 Å². The number of esters is 1. The lowest BCUT2D eigenvalue weighted by Crippen LogP contribution is -2.16. The van der Waals surface area contributed by atoms with Crippen LogP contribution >= 0.6 is 23.2 Å². The van der Waals surface area contributed by atoms with Crippen molar-refractivity contribution in [1.29, 1.82) is 0 Å². The summed E-state index contributed by atoms with van der Waals surface area (Å²) < 4.78 is 4.99. The fraction of sp³-hybridized carbons (Fsp3) is 0.222. The average molecular weight is 366 g/mol. The van der Waals surface area contributed by atoms with Crippen molar-refractivity contribution in [3.8, 4) is 0 Å². The fourth-order valence-electron chi connectivity index (χ4n) is 2.20. The molecule has 126 valence electrons. The lowest BCUT2D eigenvalue weighted by molar-refractivity contribution is -0.116. The second-order valence-corrected chi connectivity index (χ2v) is 5.83. The Morgan fingerprint density at radius 1 is 1.04 bits per heavy atom. The van der Waals surface area contributed by atoms with Gasteiger partial charge in [0.2, 0.25) is 5.91 Å². The first kappa shape index (κ1) is 18.3. The van der Waals surface area contributed by atoms with Crippen LogP contribution in [0, 0.1) is 0 Å². The van der Waals surface area contributed by atoms with E-state index in [1.807, 2.05) is 0 Å². The van der Waals surface area contributed by atoms with Gasteiger partial charge < -0.3 is 10.1 Å². The van der Waals surface area contributed by atoms with Gasteiger partial charge in [0.25, 0.3) is 0 Å². The molecular formula is C18H17Cl2NO3. The van der Waals surface area contributed by atoms with Gasteiger partial charge in [-0.1, -0.05) is 41.4 Å². The molecule has 4 nitrogen and oxygen atoms in total. The van der Waals surface area contributed by atoms with Crippen LogP contribution in [-0.4, -0.2) is 18.5 Å². The Balaban J connectivity index is 2.04. The molecule has 6 heteroatoms. The highest BCUT2D eigenvalue weighted by Crippen LogP contribution is 2.25. The molecule has 0 aliphatic rings. The van der Waals surface area contributed by atoms with Crippen LogP contribution < -0.4 is 5.32 Å². The van der Waals surface area contributed by atoms with E-state index >= 15 is 0 Å². The number of carbonyl (C=O) groups is 2. The third-order valence-electron chi connectivity index (χ3n) is 3.36. The topological polar surface area (TPSA) is 55.4 Å². The Bertz CT molecular complexity index is 727. The molecule has 0 saturated heterocycles. The van der Waals surface area contributed by atoms with Gasteiger partial charge in [-0.05, 0) is 43.2 Å². The minimum absolute atomic E-state index is 0.195. The number of anilines is 1. The molecule has 2 rings (SSSR count). The first-order valence-electron chi connectivity index (χ1n) is 7.51. The molecule has 0 spiro atoms. The first-order valence-corrected chi connectivity index (χ1v) is 8.27. The number of amides is 1. The minimum atomic E-state index is -0.470. The summed E-state index contributed by atoms with van der Waals surface area (Å²) in [5.41, 5.74) is 1.48. The van der Waals surface area contributed by atoms with E-state index in [4.69, 9.17) is 27.9 Å². The molecule has 0 aliphatic carbocycles. The Hall–Kier alpha value is -2.04. The van der Waals surface area contributed by atoms with E-state index in [0.29, 0.717) is 27.7 Å². The molecule has 0 bridgehead atoms. The van der Waals surface area contributed by atoms with Crippen LogP contribution in [0.15, 0.2) is 42.5 Å². The van der Waals surface area contributed by atoms with Crippen molar-refractivity contribution in [1.82, 2.24) is 0 Å². The summed E-state index contributed by atoms with van der Waals surface area (Å²) in [6.07, 6.45) is 0.604. The van der Waals surface area contributed by atoms with Gasteiger partial charge in [0, 0.05) is 16.5 Å². The van der Waals surface area contributed by atoms with Gasteiger partial charge >= 0.3 is 5.97 Å². The standard InChI is InChI=1S/C18H17Cl2NO3/c1-2-24-18(23)13-6-3-4-9-16(13)21-17(22)11-10-12-14(19)7-5-8-15(12)20/h3-9H,2,10-11H2,1H3,(H,21,22). The predicted molar refractivity (Wildman–Crippen MR) is 95.8 cm³/mol. The molecule has 24 heavy (non-hydrogen) atoms. The van der Waals surface area contributed by atoms with Crippen LogP contribution in [0.5, 0.6) is 0 Å². The number of ether oxygens (including phenoxy) is 1. The molecule has 0 heterocycles. The summed E-state index contributed by atoms with van der Waals surface area (Å²) in [6, 6.07) is 11.9. The number of hydrogen-bond acceptors (Lipinski definition) is 3. The van der Waals surface area contributed by atoms with Crippen LogP contribution in [0.3, 0.4) is 0 Å². The van der Waals surface area contributed by atoms with Crippen molar-refractivity contribution in [3.63, 3.8) is 0 Å². The van der Waals surface area contributed by atoms with Gasteiger partial charge in [-0.2, -0.15) is 0 Å². The molecule has 0 atom stereocenters. The quantitative estimate of drug-likeness (QED) is 0.752. The number of para-hydroxylation sites is 1. The maximum Gasteiger partial charge on any atom is 0.340 e. The molecule has 2 aromatic carbocycles. The number of benzene rings is 2. The summed E-state index contributed by atoms with van der Waals surface area (Å²) in [6.45, 7) is 2.00. The highest BCUT2D eigenvalue weighted by Gasteiger charge is 2.14. The highest BCUT2D eigenvalue weighted by molar-refractivity contribution is 6.36. The largest absolute Gasteiger partial charge is 0.462 e. The summed E-state index contributed by atoms with van der Waals surface area (Å²) in [4.78, 5) is 24.1. The summed E-state index contributed by atoms with van der Waals surface area (Å²) in [5, 5.41) is 3.79. The molecule has 0 fully saturated rings. The third-order valence-corrected chi connectivity index (χ3v) is 4.07. The van der Waals surface area contributed by atoms with Gasteiger partial charge in [0.15, 0.2) is 0 Å². The summed E-state index contributed by atoms with van der Waals surface area (Å²) in [7, 11) is 0. The van der Waals surface area contributed by atoms with Crippen molar-refractivity contribution in [2.45, 2.75) is 19.8 Å². The third kappa shape index (κ3) is 4.73. The van der Waals surface area contributed by atoms with Crippen LogP contribution in [0.25, 0.3) is 0 Å². The molecule has 0 aliphatic heterocycles. The Kier molecular flexibility index (Phi) is 6.64. The summed E-state index contributed by atoms with van der Waals surface area (Å²) in [5.74, 6) is -0.703. The second kappa shape index (κ2) is 8.71. The van der Waals surface area contributed by atoms with E-state index in [2.05, 4.69) is 5.32 Å². The summed E-state index contributed by atoms with van der Waals surface area (Å²) >= 11 is 12.2. The lowest BCUT2D eigenvalue weighted by Gasteiger charge is -2.11. The SMILES string of the molecule is CCOC(=O)c1ccccc1NC(=O)CCc1c(Cl)cccc1Cl. The van der Waals surface area contributed by atoms with Crippen molar-refractivity contribution in [2.75, 3.05) is 11.9 Å². The van der Waals surface area contributed by atoms with Crippen molar-refractivity contribution in [3.05, 3.63) is 63.6 Å². The predicted octanol–water partition coefficient (Wildman–Crippen LogP) is 4.74. The van der Waals surface area contributed by atoms with Crippen LogP contribution in [0.4, 0.5) is 5.69 Å². The Labute approximate surface area is 150 Å². The van der Waals surface area contributed by atoms with E-state index in [0.717, 1.165) is 5.56 Å². The van der Waals surface area contributed by atoms with Crippen LogP contribution in [-0.2, 0) is 16.0 Å². The first-order chi connectivity index (χ1) is 11.5. The van der Waals surface area contributed by atoms with E-state index in [9.17, 15) is 9.59 Å². The molecule has 2 aromatic rings. The normalized spacial score (nSPS) is 10.3. The van der Waals surface area contributed by atoms with Crippen molar-refractivity contribution < 1.29 is 14.3 Å². The lowest BCUT2D eigenvalue weighted by atomic mass is 10.1. The van der Waals surface area contributed by atoms with Crippen LogP contribution in [0.1, 0.15) is 29.3 Å². The highest BCUT2D eigenvalue weighted by atomic mass is 35.5.